The number of anilines is 1. The number of ketones is 1. The van der Waals surface area contributed by atoms with Gasteiger partial charge in [0, 0.05) is 43.1 Å². The maximum atomic E-state index is 12.6. The smallest absolute Gasteiger partial charge is 0.223 e. The number of likely N-dealkylation sites (N-methyl/N-ethyl adjacent to an activating group) is 1. The first kappa shape index (κ1) is 18.0. The monoisotopic (exact) mass is 342 g/mol. The SMILES string of the molecule is CCN(CCNC(=O)C1CC2CCCC(C1)C2=O)c1cccc(C)c1. The molecule has 1 aromatic rings. The molecule has 3 rings (SSSR count). The lowest BCUT2D eigenvalue weighted by Gasteiger charge is -2.37. The van der Waals surface area contributed by atoms with Crippen molar-refractivity contribution in [3.05, 3.63) is 29.8 Å². The topological polar surface area (TPSA) is 49.4 Å². The lowest BCUT2D eigenvalue weighted by Crippen LogP contribution is -2.44. The van der Waals surface area contributed by atoms with Crippen LogP contribution >= 0.6 is 0 Å². The molecular weight excluding hydrogens is 312 g/mol. The van der Waals surface area contributed by atoms with Gasteiger partial charge in [-0.3, -0.25) is 9.59 Å². The quantitative estimate of drug-likeness (QED) is 0.863. The number of benzene rings is 1. The number of Topliss-reactive ketones (excluding diaryl/α,β-unsaturated/α-hetero) is 1. The first-order valence-corrected chi connectivity index (χ1v) is 9.71. The molecular formula is C21H30N2O2. The molecule has 25 heavy (non-hydrogen) atoms. The third-order valence-electron chi connectivity index (χ3n) is 5.85. The van der Waals surface area contributed by atoms with Crippen LogP contribution in [0.1, 0.15) is 44.6 Å². The first-order chi connectivity index (χ1) is 12.1. The van der Waals surface area contributed by atoms with Gasteiger partial charge < -0.3 is 10.2 Å². The number of hydrogen-bond donors (Lipinski definition) is 1. The van der Waals surface area contributed by atoms with Crippen LogP contribution in [0.15, 0.2) is 24.3 Å². The molecule has 0 spiro atoms. The highest BCUT2D eigenvalue weighted by atomic mass is 16.2. The van der Waals surface area contributed by atoms with Crippen LogP contribution in [0.2, 0.25) is 0 Å². The lowest BCUT2D eigenvalue weighted by molar-refractivity contribution is -0.137. The van der Waals surface area contributed by atoms with Crippen LogP contribution in [-0.4, -0.2) is 31.3 Å². The van der Waals surface area contributed by atoms with Gasteiger partial charge in [0.15, 0.2) is 0 Å². The van der Waals surface area contributed by atoms with E-state index in [-0.39, 0.29) is 23.7 Å². The van der Waals surface area contributed by atoms with Crippen LogP contribution in [0.4, 0.5) is 5.69 Å². The number of nitrogens with zero attached hydrogens (tertiary/aromatic N) is 1. The summed E-state index contributed by atoms with van der Waals surface area (Å²) in [4.78, 5) is 27.0. The third-order valence-corrected chi connectivity index (χ3v) is 5.85. The van der Waals surface area contributed by atoms with Gasteiger partial charge in [-0.1, -0.05) is 18.6 Å². The molecule has 1 amide bonds. The average molecular weight is 342 g/mol. The summed E-state index contributed by atoms with van der Waals surface area (Å²) in [6.45, 7) is 6.62. The maximum absolute atomic E-state index is 12.6. The summed E-state index contributed by atoms with van der Waals surface area (Å²) in [5.74, 6) is 0.879. The standard InChI is InChI=1S/C21H30N2O2/c1-3-23(19-9-4-6-15(2)12-19)11-10-22-21(25)18-13-16-7-5-8-17(14-18)20(16)24/h4,6,9,12,16-18H,3,5,7-8,10-11,13-14H2,1-2H3,(H,22,25). The summed E-state index contributed by atoms with van der Waals surface area (Å²) in [5, 5.41) is 3.11. The fourth-order valence-corrected chi connectivity index (χ4v) is 4.45. The Hall–Kier alpha value is -1.84. The van der Waals surface area contributed by atoms with Crippen molar-refractivity contribution in [2.75, 3.05) is 24.5 Å². The van der Waals surface area contributed by atoms with E-state index >= 15 is 0 Å². The van der Waals surface area contributed by atoms with E-state index in [0.29, 0.717) is 12.3 Å². The second kappa shape index (κ2) is 8.03. The Kier molecular flexibility index (Phi) is 5.77. The molecule has 2 atom stereocenters. The number of amides is 1. The Bertz CT molecular complexity index is 612. The van der Waals surface area contributed by atoms with Gasteiger partial charge >= 0.3 is 0 Å². The van der Waals surface area contributed by atoms with Crippen molar-refractivity contribution in [2.45, 2.75) is 46.0 Å². The van der Waals surface area contributed by atoms with Crippen LogP contribution in [0.5, 0.6) is 0 Å². The van der Waals surface area contributed by atoms with Crippen molar-refractivity contribution < 1.29 is 9.59 Å². The highest BCUT2D eigenvalue weighted by Gasteiger charge is 2.41. The van der Waals surface area contributed by atoms with Gasteiger partial charge in [-0.15, -0.1) is 0 Å². The molecule has 0 saturated heterocycles. The second-order valence-corrected chi connectivity index (χ2v) is 7.61. The molecule has 4 heteroatoms. The van der Waals surface area contributed by atoms with Gasteiger partial charge in [0.2, 0.25) is 5.91 Å². The number of rotatable bonds is 6. The van der Waals surface area contributed by atoms with Gasteiger partial charge in [0.1, 0.15) is 5.78 Å². The fourth-order valence-electron chi connectivity index (χ4n) is 4.45. The molecule has 1 aromatic carbocycles. The first-order valence-electron chi connectivity index (χ1n) is 9.71. The van der Waals surface area contributed by atoms with Crippen molar-refractivity contribution in [1.82, 2.24) is 5.32 Å². The minimum Gasteiger partial charge on any atom is -0.370 e. The molecule has 0 aliphatic heterocycles. The van der Waals surface area contributed by atoms with Gasteiger partial charge in [-0.2, -0.15) is 0 Å². The van der Waals surface area contributed by atoms with Crippen LogP contribution in [0.3, 0.4) is 0 Å². The molecule has 0 heterocycles. The number of hydrogen-bond acceptors (Lipinski definition) is 3. The molecule has 2 unspecified atom stereocenters. The Labute approximate surface area is 151 Å². The Morgan fingerprint density at radius 3 is 2.60 bits per heavy atom. The summed E-state index contributed by atoms with van der Waals surface area (Å²) in [6.07, 6.45) is 4.64. The maximum Gasteiger partial charge on any atom is 0.223 e. The van der Waals surface area contributed by atoms with E-state index in [1.807, 2.05) is 0 Å². The van der Waals surface area contributed by atoms with Crippen LogP contribution in [-0.2, 0) is 9.59 Å². The molecule has 0 radical (unpaired) electrons. The van der Waals surface area contributed by atoms with E-state index in [9.17, 15) is 9.59 Å². The number of aryl methyl sites for hydroxylation is 1. The predicted molar refractivity (Wildman–Crippen MR) is 101 cm³/mol. The van der Waals surface area contributed by atoms with Crippen molar-refractivity contribution in [3.8, 4) is 0 Å². The Morgan fingerprint density at radius 1 is 1.24 bits per heavy atom. The van der Waals surface area contributed by atoms with Crippen molar-refractivity contribution in [2.24, 2.45) is 17.8 Å². The van der Waals surface area contributed by atoms with Gasteiger partial charge in [-0.05, 0) is 57.2 Å². The number of nitrogens with one attached hydrogen (secondary N) is 1. The minimum absolute atomic E-state index is 0.0297. The third kappa shape index (κ3) is 4.23. The van der Waals surface area contributed by atoms with Gasteiger partial charge in [-0.25, -0.2) is 0 Å². The zero-order valence-corrected chi connectivity index (χ0v) is 15.5. The zero-order valence-electron chi connectivity index (χ0n) is 15.5. The molecule has 2 aliphatic rings. The molecule has 2 fully saturated rings. The van der Waals surface area contributed by atoms with Crippen molar-refractivity contribution in [1.29, 1.82) is 0 Å². The van der Waals surface area contributed by atoms with E-state index in [1.165, 1.54) is 11.3 Å². The molecule has 136 valence electrons. The Morgan fingerprint density at radius 2 is 1.96 bits per heavy atom. The number of fused-ring (bicyclic) bond motifs is 2. The zero-order chi connectivity index (χ0) is 17.8. The van der Waals surface area contributed by atoms with E-state index in [0.717, 1.165) is 45.2 Å². The normalized spacial score (nSPS) is 25.5. The highest BCUT2D eigenvalue weighted by Crippen LogP contribution is 2.40. The molecule has 2 aliphatic carbocycles. The molecule has 0 aromatic heterocycles. The predicted octanol–water partition coefficient (Wildman–Crippen LogP) is 3.33. The summed E-state index contributed by atoms with van der Waals surface area (Å²) in [6, 6.07) is 8.47. The molecule has 2 bridgehead atoms. The van der Waals surface area contributed by atoms with Gasteiger partial charge in [0.25, 0.3) is 0 Å². The van der Waals surface area contributed by atoms with Crippen molar-refractivity contribution in [3.63, 3.8) is 0 Å². The van der Waals surface area contributed by atoms with Crippen LogP contribution in [0.25, 0.3) is 0 Å². The lowest BCUT2D eigenvalue weighted by atomic mass is 9.67. The number of carbonyl (C=O) groups is 2. The summed E-state index contributed by atoms with van der Waals surface area (Å²) >= 11 is 0. The molecule has 2 saturated carbocycles. The molecule has 4 nitrogen and oxygen atoms in total. The highest BCUT2D eigenvalue weighted by molar-refractivity contribution is 5.88. The van der Waals surface area contributed by atoms with E-state index in [2.05, 4.69) is 48.3 Å². The Balaban J connectivity index is 1.49. The average Bonchev–Trinajstić information content (AvgIpc) is 2.58. The minimum atomic E-state index is 0.0297. The van der Waals surface area contributed by atoms with E-state index < -0.39 is 0 Å². The second-order valence-electron chi connectivity index (χ2n) is 7.61. The number of carbonyl (C=O) groups excluding carboxylic acids is 2. The van der Waals surface area contributed by atoms with E-state index in [1.54, 1.807) is 0 Å². The summed E-state index contributed by atoms with van der Waals surface area (Å²) < 4.78 is 0. The van der Waals surface area contributed by atoms with E-state index in [4.69, 9.17) is 0 Å². The fraction of sp³-hybridized carbons (Fsp3) is 0.619. The largest absolute Gasteiger partial charge is 0.370 e. The summed E-state index contributed by atoms with van der Waals surface area (Å²) in [7, 11) is 0. The van der Waals surface area contributed by atoms with Crippen molar-refractivity contribution >= 4 is 17.4 Å². The van der Waals surface area contributed by atoms with Gasteiger partial charge in [0.05, 0.1) is 0 Å². The molecule has 1 N–H and O–H groups in total. The van der Waals surface area contributed by atoms with Crippen LogP contribution in [0, 0.1) is 24.7 Å². The van der Waals surface area contributed by atoms with Crippen LogP contribution < -0.4 is 10.2 Å². The summed E-state index contributed by atoms with van der Waals surface area (Å²) in [5.41, 5.74) is 2.45.